The minimum absolute atomic E-state index is 0.0510. The van der Waals surface area contributed by atoms with E-state index in [1.54, 1.807) is 66.7 Å². The maximum Gasteiger partial charge on any atom is 0.272 e. The second kappa shape index (κ2) is 13.1. The Hall–Kier alpha value is -4.73. The average Bonchev–Trinajstić information content (AvgIpc) is 3.28. The van der Waals surface area contributed by atoms with Crippen molar-refractivity contribution in [3.05, 3.63) is 130 Å². The van der Waals surface area contributed by atoms with Gasteiger partial charge in [0, 0.05) is 28.1 Å². The molecule has 1 aliphatic heterocycles. The van der Waals surface area contributed by atoms with E-state index in [4.69, 9.17) is 11.6 Å². The van der Waals surface area contributed by atoms with Crippen molar-refractivity contribution >= 4 is 64.4 Å². The van der Waals surface area contributed by atoms with Crippen molar-refractivity contribution in [1.82, 2.24) is 5.32 Å². The smallest absolute Gasteiger partial charge is 0.272 e. The normalized spacial score (nSPS) is 15.0. The standard InChI is InChI=1S/C33H25ClFN3O4S/c1-20-10-14-23(15-11-20)38-30(39)19-29(33(38)42)43-24-16-12-22(13-17-24)36-32(41)28(18-25-26(34)8-5-9-27(25)35)37-31(40)21-6-3-2-4-7-21/h2-18,29H,19H2,1H3,(H,36,41)(H,37,40)/b28-18-. The van der Waals surface area contributed by atoms with E-state index in [0.717, 1.165) is 10.5 Å². The molecule has 1 unspecified atom stereocenters. The lowest BCUT2D eigenvalue weighted by atomic mass is 10.1. The molecule has 0 radical (unpaired) electrons. The fourth-order valence-corrected chi connectivity index (χ4v) is 5.65. The summed E-state index contributed by atoms with van der Waals surface area (Å²) in [6.07, 6.45) is 1.25. The predicted octanol–water partition coefficient (Wildman–Crippen LogP) is 6.62. The van der Waals surface area contributed by atoms with E-state index in [2.05, 4.69) is 10.6 Å². The van der Waals surface area contributed by atoms with Crippen LogP contribution < -0.4 is 15.5 Å². The van der Waals surface area contributed by atoms with Crippen LogP contribution >= 0.6 is 23.4 Å². The van der Waals surface area contributed by atoms with Gasteiger partial charge in [-0.05, 0) is 73.7 Å². The Balaban J connectivity index is 1.30. The Morgan fingerprint density at radius 1 is 0.930 bits per heavy atom. The number of carbonyl (C=O) groups excluding carboxylic acids is 4. The van der Waals surface area contributed by atoms with Gasteiger partial charge in [-0.25, -0.2) is 9.29 Å². The van der Waals surface area contributed by atoms with E-state index in [0.29, 0.717) is 16.9 Å². The quantitative estimate of drug-likeness (QED) is 0.172. The monoisotopic (exact) mass is 613 g/mol. The van der Waals surface area contributed by atoms with Gasteiger partial charge in [0.15, 0.2) is 0 Å². The lowest BCUT2D eigenvalue weighted by Crippen LogP contribution is -2.31. The van der Waals surface area contributed by atoms with Crippen LogP contribution in [0.4, 0.5) is 15.8 Å². The number of thioether (sulfide) groups is 1. The zero-order valence-electron chi connectivity index (χ0n) is 22.8. The van der Waals surface area contributed by atoms with Crippen molar-refractivity contribution in [2.24, 2.45) is 0 Å². The van der Waals surface area contributed by atoms with Crippen LogP contribution in [0.1, 0.15) is 27.9 Å². The number of aryl methyl sites for hydroxylation is 1. The summed E-state index contributed by atoms with van der Waals surface area (Å²) >= 11 is 7.43. The first-order chi connectivity index (χ1) is 20.7. The molecule has 43 heavy (non-hydrogen) atoms. The van der Waals surface area contributed by atoms with Crippen molar-refractivity contribution in [3.63, 3.8) is 0 Å². The molecule has 1 saturated heterocycles. The molecule has 2 N–H and O–H groups in total. The van der Waals surface area contributed by atoms with Crippen molar-refractivity contribution in [1.29, 1.82) is 0 Å². The molecule has 7 nitrogen and oxygen atoms in total. The van der Waals surface area contributed by atoms with Crippen molar-refractivity contribution < 1.29 is 23.6 Å². The highest BCUT2D eigenvalue weighted by Crippen LogP contribution is 2.34. The van der Waals surface area contributed by atoms with Gasteiger partial charge in [0.2, 0.25) is 11.8 Å². The predicted molar refractivity (Wildman–Crippen MR) is 166 cm³/mol. The molecule has 0 aliphatic carbocycles. The molecule has 10 heteroatoms. The van der Waals surface area contributed by atoms with Gasteiger partial charge in [0.25, 0.3) is 11.8 Å². The Morgan fingerprint density at radius 3 is 2.30 bits per heavy atom. The molecule has 1 heterocycles. The summed E-state index contributed by atoms with van der Waals surface area (Å²) in [4.78, 5) is 53.7. The Labute approximate surface area is 256 Å². The van der Waals surface area contributed by atoms with E-state index in [1.807, 2.05) is 19.1 Å². The topological polar surface area (TPSA) is 95.6 Å². The molecule has 0 aromatic heterocycles. The number of anilines is 2. The zero-order chi connectivity index (χ0) is 30.5. The third-order valence-electron chi connectivity index (χ3n) is 6.61. The van der Waals surface area contributed by atoms with Gasteiger partial charge in [-0.2, -0.15) is 0 Å². The molecule has 1 aliphatic rings. The molecular formula is C33H25ClFN3O4S. The SMILES string of the molecule is Cc1ccc(N2C(=O)CC(Sc3ccc(NC(=O)/C(=C/c4c(F)cccc4Cl)NC(=O)c4ccccc4)cc3)C2=O)cc1. The van der Waals surface area contributed by atoms with Crippen LogP contribution in [0.3, 0.4) is 0 Å². The maximum absolute atomic E-state index is 14.5. The molecule has 0 saturated carbocycles. The number of halogens is 2. The van der Waals surface area contributed by atoms with Gasteiger partial charge in [-0.1, -0.05) is 53.6 Å². The number of nitrogens with zero attached hydrogens (tertiary/aromatic N) is 1. The van der Waals surface area contributed by atoms with Gasteiger partial charge in [0.05, 0.1) is 16.0 Å². The minimum atomic E-state index is -0.700. The maximum atomic E-state index is 14.5. The second-order valence-electron chi connectivity index (χ2n) is 9.71. The van der Waals surface area contributed by atoms with E-state index >= 15 is 0 Å². The van der Waals surface area contributed by atoms with Crippen LogP contribution in [0.2, 0.25) is 5.02 Å². The number of hydrogen-bond donors (Lipinski definition) is 2. The molecule has 4 aromatic carbocycles. The largest absolute Gasteiger partial charge is 0.321 e. The third-order valence-corrected chi connectivity index (χ3v) is 8.13. The molecule has 1 fully saturated rings. The summed E-state index contributed by atoms with van der Waals surface area (Å²) in [5.41, 5.74) is 2.00. The van der Waals surface area contributed by atoms with Crippen LogP contribution in [0.25, 0.3) is 6.08 Å². The summed E-state index contributed by atoms with van der Waals surface area (Å²) < 4.78 is 14.5. The van der Waals surface area contributed by atoms with Gasteiger partial charge >= 0.3 is 0 Å². The number of rotatable bonds is 8. The number of nitrogens with one attached hydrogen (secondary N) is 2. The van der Waals surface area contributed by atoms with E-state index in [-0.39, 0.29) is 34.5 Å². The van der Waals surface area contributed by atoms with Gasteiger partial charge in [-0.15, -0.1) is 11.8 Å². The first-order valence-electron chi connectivity index (χ1n) is 13.2. The Morgan fingerprint density at radius 2 is 1.63 bits per heavy atom. The second-order valence-corrected chi connectivity index (χ2v) is 11.4. The summed E-state index contributed by atoms with van der Waals surface area (Å²) in [7, 11) is 0. The summed E-state index contributed by atoms with van der Waals surface area (Å²) in [5, 5.41) is 4.74. The van der Waals surface area contributed by atoms with Crippen LogP contribution in [0.5, 0.6) is 0 Å². The number of amides is 4. The van der Waals surface area contributed by atoms with E-state index in [9.17, 15) is 23.6 Å². The molecule has 0 bridgehead atoms. The molecule has 4 aromatic rings. The number of carbonyl (C=O) groups is 4. The molecule has 1 atom stereocenters. The zero-order valence-corrected chi connectivity index (χ0v) is 24.4. The summed E-state index contributed by atoms with van der Waals surface area (Å²) in [5.74, 6) is -2.46. The first kappa shape index (κ1) is 29.8. The van der Waals surface area contributed by atoms with Crippen molar-refractivity contribution in [2.75, 3.05) is 10.2 Å². The Bertz CT molecular complexity index is 1710. The minimum Gasteiger partial charge on any atom is -0.321 e. The highest BCUT2D eigenvalue weighted by Gasteiger charge is 2.40. The third kappa shape index (κ3) is 7.02. The Kier molecular flexibility index (Phi) is 9.04. The fraction of sp³-hybridized carbons (Fsp3) is 0.0909. The van der Waals surface area contributed by atoms with Gasteiger partial charge < -0.3 is 10.6 Å². The number of hydrogen-bond acceptors (Lipinski definition) is 5. The average molecular weight is 614 g/mol. The van der Waals surface area contributed by atoms with Gasteiger partial charge in [-0.3, -0.25) is 19.2 Å². The number of imide groups is 1. The van der Waals surface area contributed by atoms with Gasteiger partial charge in [0.1, 0.15) is 11.5 Å². The van der Waals surface area contributed by atoms with E-state index in [1.165, 1.54) is 40.9 Å². The van der Waals surface area contributed by atoms with Crippen molar-refractivity contribution in [2.45, 2.75) is 23.5 Å². The summed E-state index contributed by atoms with van der Waals surface area (Å²) in [6.45, 7) is 1.93. The van der Waals surface area contributed by atoms with Crippen LogP contribution in [0.15, 0.2) is 108 Å². The van der Waals surface area contributed by atoms with E-state index < -0.39 is 22.9 Å². The van der Waals surface area contributed by atoms with Crippen LogP contribution in [-0.2, 0) is 14.4 Å². The number of benzene rings is 4. The highest BCUT2D eigenvalue weighted by molar-refractivity contribution is 8.00. The lowest BCUT2D eigenvalue weighted by molar-refractivity contribution is -0.121. The molecule has 216 valence electrons. The van der Waals surface area contributed by atoms with Crippen LogP contribution in [-0.4, -0.2) is 28.9 Å². The lowest BCUT2D eigenvalue weighted by Gasteiger charge is -2.15. The molecule has 4 amide bonds. The van der Waals surface area contributed by atoms with Crippen LogP contribution in [0, 0.1) is 12.7 Å². The molecular weight excluding hydrogens is 589 g/mol. The first-order valence-corrected chi connectivity index (χ1v) is 14.5. The van der Waals surface area contributed by atoms with Crippen molar-refractivity contribution in [3.8, 4) is 0 Å². The fourth-order valence-electron chi connectivity index (χ4n) is 4.38. The summed E-state index contributed by atoms with van der Waals surface area (Å²) in [6, 6.07) is 26.3. The molecule has 5 rings (SSSR count). The molecule has 0 spiro atoms. The highest BCUT2D eigenvalue weighted by atomic mass is 35.5.